The number of amides is 4. The second-order valence-corrected chi connectivity index (χ2v) is 9.46. The van der Waals surface area contributed by atoms with Crippen molar-refractivity contribution in [1.82, 2.24) is 35.9 Å². The van der Waals surface area contributed by atoms with Crippen molar-refractivity contribution in [2.75, 3.05) is 12.0 Å². The first kappa shape index (κ1) is 30.3. The second-order valence-electron chi connectivity index (χ2n) is 8.48. The van der Waals surface area contributed by atoms with Gasteiger partial charge in [0, 0.05) is 43.0 Å². The number of hydrogen-bond acceptors (Lipinski definition) is 9. The Hall–Kier alpha value is -3.92. The summed E-state index contributed by atoms with van der Waals surface area (Å²) in [4.78, 5) is 75.3. The standard InChI is InChI=1S/C22H33N9O6S/c1-38-5-4-14(23)19(33)30-16(6-12-8-25-10-27-12)21(35)31-17(7-13-9-26-11-28-13)20(34)29-15(22(36)37)2-3-18(24)32/h8-11,14-17H,2-7,23H2,1H3,(H2,24,32)(H,25,27)(H,26,28)(H,29,34)(H,30,33)(H,31,35)(H,36,37). The molecule has 0 fully saturated rings. The lowest BCUT2D eigenvalue weighted by atomic mass is 10.1. The van der Waals surface area contributed by atoms with Gasteiger partial charge in [0.2, 0.25) is 23.6 Å². The first-order valence-corrected chi connectivity index (χ1v) is 13.1. The molecule has 208 valence electrons. The molecule has 4 atom stereocenters. The van der Waals surface area contributed by atoms with E-state index in [2.05, 4.69) is 35.9 Å². The number of hydrogen-bond donors (Lipinski definition) is 8. The van der Waals surface area contributed by atoms with Gasteiger partial charge in [-0.1, -0.05) is 0 Å². The Labute approximate surface area is 222 Å². The van der Waals surface area contributed by atoms with Crippen molar-refractivity contribution >= 4 is 41.4 Å². The Bertz CT molecular complexity index is 1060. The van der Waals surface area contributed by atoms with Crippen LogP contribution in [-0.2, 0) is 36.8 Å². The van der Waals surface area contributed by atoms with Crippen LogP contribution in [0.3, 0.4) is 0 Å². The minimum atomic E-state index is -1.41. The topological polar surface area (TPSA) is 251 Å². The fourth-order valence-electron chi connectivity index (χ4n) is 3.39. The normalized spacial score (nSPS) is 14.1. The van der Waals surface area contributed by atoms with E-state index >= 15 is 0 Å². The molecule has 0 bridgehead atoms. The highest BCUT2D eigenvalue weighted by Gasteiger charge is 2.31. The third-order valence-corrected chi connectivity index (χ3v) is 6.13. The molecule has 0 aromatic carbocycles. The van der Waals surface area contributed by atoms with Crippen LogP contribution in [0.25, 0.3) is 0 Å². The Balaban J connectivity index is 2.21. The molecule has 2 heterocycles. The van der Waals surface area contributed by atoms with Gasteiger partial charge in [-0.2, -0.15) is 11.8 Å². The van der Waals surface area contributed by atoms with Crippen molar-refractivity contribution in [2.45, 2.75) is 56.3 Å². The molecule has 2 aromatic heterocycles. The number of imidazole rings is 2. The molecule has 0 aliphatic carbocycles. The number of carboxylic acid groups (broad SMARTS) is 1. The minimum Gasteiger partial charge on any atom is -0.480 e. The third-order valence-electron chi connectivity index (χ3n) is 5.49. The van der Waals surface area contributed by atoms with E-state index in [0.717, 1.165) is 0 Å². The van der Waals surface area contributed by atoms with Crippen molar-refractivity contribution in [2.24, 2.45) is 11.5 Å². The summed E-state index contributed by atoms with van der Waals surface area (Å²) in [6, 6.07) is -4.62. The lowest BCUT2D eigenvalue weighted by molar-refractivity contribution is -0.142. The number of aromatic amines is 2. The maximum absolute atomic E-state index is 13.3. The quantitative estimate of drug-likeness (QED) is 0.105. The number of H-pyrrole nitrogens is 2. The average molecular weight is 552 g/mol. The number of nitrogens with zero attached hydrogens (tertiary/aromatic N) is 2. The van der Waals surface area contributed by atoms with Crippen LogP contribution in [0.2, 0.25) is 0 Å². The zero-order valence-corrected chi connectivity index (χ0v) is 21.6. The summed E-state index contributed by atoms with van der Waals surface area (Å²) in [5.74, 6) is -3.48. The van der Waals surface area contributed by atoms with Gasteiger partial charge < -0.3 is 42.5 Å². The lowest BCUT2D eigenvalue weighted by Gasteiger charge is -2.25. The molecular weight excluding hydrogens is 518 g/mol. The highest BCUT2D eigenvalue weighted by atomic mass is 32.2. The molecule has 4 unspecified atom stereocenters. The van der Waals surface area contributed by atoms with E-state index in [4.69, 9.17) is 11.5 Å². The predicted molar refractivity (Wildman–Crippen MR) is 137 cm³/mol. The molecule has 15 nitrogen and oxygen atoms in total. The number of rotatable bonds is 17. The Morgan fingerprint density at radius 1 is 0.895 bits per heavy atom. The molecule has 10 N–H and O–H groups in total. The van der Waals surface area contributed by atoms with E-state index in [9.17, 15) is 29.1 Å². The summed E-state index contributed by atoms with van der Waals surface area (Å²) < 4.78 is 0. The van der Waals surface area contributed by atoms with Gasteiger partial charge in [0.25, 0.3) is 0 Å². The smallest absolute Gasteiger partial charge is 0.326 e. The lowest BCUT2D eigenvalue weighted by Crippen LogP contribution is -2.58. The molecule has 0 aliphatic heterocycles. The highest BCUT2D eigenvalue weighted by molar-refractivity contribution is 7.98. The summed E-state index contributed by atoms with van der Waals surface area (Å²) in [6.45, 7) is 0. The van der Waals surface area contributed by atoms with Crippen LogP contribution in [0.15, 0.2) is 25.0 Å². The summed E-state index contributed by atoms with van der Waals surface area (Å²) in [5, 5.41) is 17.0. The summed E-state index contributed by atoms with van der Waals surface area (Å²) in [7, 11) is 0. The number of nitrogens with one attached hydrogen (secondary N) is 5. The van der Waals surface area contributed by atoms with Gasteiger partial charge in [0.05, 0.1) is 18.7 Å². The van der Waals surface area contributed by atoms with E-state index < -0.39 is 53.8 Å². The molecule has 2 aromatic rings. The second kappa shape index (κ2) is 15.4. The Morgan fingerprint density at radius 2 is 1.39 bits per heavy atom. The Morgan fingerprint density at radius 3 is 1.82 bits per heavy atom. The third kappa shape index (κ3) is 10.2. The molecule has 4 amide bonds. The molecule has 0 saturated heterocycles. The predicted octanol–water partition coefficient (Wildman–Crippen LogP) is -2.20. The first-order valence-electron chi connectivity index (χ1n) is 11.7. The maximum Gasteiger partial charge on any atom is 0.326 e. The molecule has 38 heavy (non-hydrogen) atoms. The van der Waals surface area contributed by atoms with Gasteiger partial charge in [-0.3, -0.25) is 19.2 Å². The number of nitrogens with two attached hydrogens (primary N) is 2. The van der Waals surface area contributed by atoms with Crippen LogP contribution in [0, 0.1) is 0 Å². The van der Waals surface area contributed by atoms with Crippen molar-refractivity contribution in [3.05, 3.63) is 36.4 Å². The number of carboxylic acids is 1. The number of carbonyl (C=O) groups is 5. The molecule has 16 heteroatoms. The van der Waals surface area contributed by atoms with Gasteiger partial charge in [-0.25, -0.2) is 14.8 Å². The average Bonchev–Trinajstić information content (AvgIpc) is 3.58. The van der Waals surface area contributed by atoms with Crippen LogP contribution in [-0.4, -0.2) is 90.8 Å². The van der Waals surface area contributed by atoms with Gasteiger partial charge in [0.1, 0.15) is 18.1 Å². The van der Waals surface area contributed by atoms with Crippen LogP contribution in [0.5, 0.6) is 0 Å². The van der Waals surface area contributed by atoms with Crippen molar-refractivity contribution in [3.8, 4) is 0 Å². The van der Waals surface area contributed by atoms with Crippen LogP contribution in [0.4, 0.5) is 0 Å². The van der Waals surface area contributed by atoms with E-state index in [1.807, 2.05) is 6.26 Å². The number of aromatic nitrogens is 4. The maximum atomic E-state index is 13.3. The summed E-state index contributed by atoms with van der Waals surface area (Å²) in [6.07, 6.45) is 7.51. The summed E-state index contributed by atoms with van der Waals surface area (Å²) in [5.41, 5.74) is 12.1. The minimum absolute atomic E-state index is 0.0293. The van der Waals surface area contributed by atoms with Crippen LogP contribution < -0.4 is 27.4 Å². The van der Waals surface area contributed by atoms with Gasteiger partial charge in [-0.05, 0) is 24.9 Å². The van der Waals surface area contributed by atoms with Gasteiger partial charge >= 0.3 is 5.97 Å². The van der Waals surface area contributed by atoms with E-state index in [0.29, 0.717) is 23.6 Å². The number of aliphatic carboxylic acids is 1. The fourth-order valence-corrected chi connectivity index (χ4v) is 3.88. The number of primary amides is 1. The Kier molecular flexibility index (Phi) is 12.2. The molecule has 0 aliphatic rings. The number of thioether (sulfide) groups is 1. The molecule has 2 rings (SSSR count). The highest BCUT2D eigenvalue weighted by Crippen LogP contribution is 2.06. The first-order chi connectivity index (χ1) is 18.1. The fraction of sp³-hybridized carbons (Fsp3) is 0.500. The van der Waals surface area contributed by atoms with E-state index in [1.165, 1.54) is 36.8 Å². The van der Waals surface area contributed by atoms with E-state index in [-0.39, 0.29) is 25.7 Å². The van der Waals surface area contributed by atoms with Crippen LogP contribution >= 0.6 is 11.8 Å². The summed E-state index contributed by atoms with van der Waals surface area (Å²) >= 11 is 1.53. The van der Waals surface area contributed by atoms with E-state index in [1.54, 1.807) is 0 Å². The molecule has 0 saturated carbocycles. The SMILES string of the molecule is CSCCC(N)C(=O)NC(Cc1cnc[nH]1)C(=O)NC(Cc1cnc[nH]1)C(=O)NC(CCC(N)=O)C(=O)O. The number of carbonyl (C=O) groups excluding carboxylic acids is 4. The molecular formula is C22H33N9O6S. The largest absolute Gasteiger partial charge is 0.480 e. The van der Waals surface area contributed by atoms with Gasteiger partial charge in [-0.15, -0.1) is 0 Å². The molecule has 0 radical (unpaired) electrons. The van der Waals surface area contributed by atoms with Crippen molar-refractivity contribution in [1.29, 1.82) is 0 Å². The molecule has 0 spiro atoms. The zero-order chi connectivity index (χ0) is 28.1. The van der Waals surface area contributed by atoms with Crippen molar-refractivity contribution in [3.63, 3.8) is 0 Å². The van der Waals surface area contributed by atoms with Crippen LogP contribution in [0.1, 0.15) is 30.7 Å². The monoisotopic (exact) mass is 551 g/mol. The van der Waals surface area contributed by atoms with Crippen molar-refractivity contribution < 1.29 is 29.1 Å². The zero-order valence-electron chi connectivity index (χ0n) is 20.8. The van der Waals surface area contributed by atoms with Gasteiger partial charge in [0.15, 0.2) is 0 Å².